The number of carbonyl (C=O) groups excluding carboxylic acids is 1. The summed E-state index contributed by atoms with van der Waals surface area (Å²) < 4.78 is 2.56. The van der Waals surface area contributed by atoms with E-state index in [0.29, 0.717) is 4.96 Å². The number of amides is 1. The van der Waals surface area contributed by atoms with Crippen LogP contribution in [0.5, 0.6) is 0 Å². The smallest absolute Gasteiger partial charge is 0.269 e. The lowest BCUT2D eigenvalue weighted by atomic mass is 10.1. The summed E-state index contributed by atoms with van der Waals surface area (Å²) in [5.74, 6) is 0.00887. The van der Waals surface area contributed by atoms with Crippen molar-refractivity contribution in [1.82, 2.24) is 14.6 Å². The second kappa shape index (κ2) is 7.49. The lowest BCUT2D eigenvalue weighted by molar-refractivity contribution is -0.384. The van der Waals surface area contributed by atoms with Gasteiger partial charge in [0.05, 0.1) is 17.0 Å². The highest BCUT2D eigenvalue weighted by Gasteiger charge is 2.14. The Morgan fingerprint density at radius 2 is 1.89 bits per heavy atom. The predicted molar refractivity (Wildman–Crippen MR) is 109 cm³/mol. The van der Waals surface area contributed by atoms with E-state index >= 15 is 0 Å². The van der Waals surface area contributed by atoms with Gasteiger partial charge in [0.25, 0.3) is 5.69 Å². The van der Waals surface area contributed by atoms with Crippen LogP contribution in [0.4, 0.5) is 11.6 Å². The molecule has 4 rings (SSSR count). The average Bonchev–Trinajstić information content (AvgIpc) is 3.23. The van der Waals surface area contributed by atoms with Gasteiger partial charge in [-0.3, -0.25) is 20.2 Å². The minimum absolute atomic E-state index is 0.0229. The standard InChI is InChI=1S/C18H12BrN5O3S/c19-13-5-1-11(2-6-13)9-16(25)20-17-21-18-23(22-17)15(10-28-18)12-3-7-14(8-4-12)24(26)27/h1-8,10H,9H2,(H,20,22,25). The summed E-state index contributed by atoms with van der Waals surface area (Å²) in [5, 5.41) is 19.7. The Labute approximate surface area is 171 Å². The van der Waals surface area contributed by atoms with E-state index < -0.39 is 4.92 Å². The fourth-order valence-electron chi connectivity index (χ4n) is 2.64. The zero-order valence-electron chi connectivity index (χ0n) is 14.2. The molecule has 10 heteroatoms. The molecular formula is C18H12BrN5O3S. The van der Waals surface area contributed by atoms with E-state index in [-0.39, 0.29) is 24.0 Å². The number of benzene rings is 2. The first-order chi connectivity index (χ1) is 13.5. The number of thiazole rings is 1. The number of nitro benzene ring substituents is 1. The number of hydrogen-bond donors (Lipinski definition) is 1. The molecule has 0 aliphatic heterocycles. The number of carbonyl (C=O) groups is 1. The van der Waals surface area contributed by atoms with Gasteiger partial charge in [0.15, 0.2) is 0 Å². The molecule has 0 aliphatic rings. The van der Waals surface area contributed by atoms with Crippen LogP contribution in [0.3, 0.4) is 0 Å². The zero-order chi connectivity index (χ0) is 19.7. The average molecular weight is 458 g/mol. The maximum Gasteiger partial charge on any atom is 0.269 e. The van der Waals surface area contributed by atoms with Crippen molar-refractivity contribution in [2.24, 2.45) is 0 Å². The normalized spacial score (nSPS) is 10.9. The van der Waals surface area contributed by atoms with Crippen molar-refractivity contribution in [1.29, 1.82) is 0 Å². The zero-order valence-corrected chi connectivity index (χ0v) is 16.6. The Morgan fingerprint density at radius 1 is 1.18 bits per heavy atom. The summed E-state index contributed by atoms with van der Waals surface area (Å²) in [5.41, 5.74) is 2.42. The van der Waals surface area contributed by atoms with Gasteiger partial charge in [-0.1, -0.05) is 28.1 Å². The van der Waals surface area contributed by atoms with Crippen molar-refractivity contribution in [2.45, 2.75) is 6.42 Å². The molecule has 1 N–H and O–H groups in total. The largest absolute Gasteiger partial charge is 0.293 e. The quantitative estimate of drug-likeness (QED) is 0.355. The van der Waals surface area contributed by atoms with Crippen LogP contribution in [0.15, 0.2) is 58.4 Å². The fraction of sp³-hybridized carbons (Fsp3) is 0.0556. The van der Waals surface area contributed by atoms with E-state index in [0.717, 1.165) is 21.3 Å². The van der Waals surface area contributed by atoms with E-state index in [1.165, 1.54) is 23.5 Å². The Bertz CT molecular complexity index is 1170. The Hall–Kier alpha value is -3.11. The molecule has 2 aromatic carbocycles. The van der Waals surface area contributed by atoms with Crippen molar-refractivity contribution < 1.29 is 9.72 Å². The first kappa shape index (κ1) is 18.3. The molecule has 0 fully saturated rings. The van der Waals surface area contributed by atoms with Crippen LogP contribution in [0, 0.1) is 10.1 Å². The van der Waals surface area contributed by atoms with Crippen molar-refractivity contribution in [3.8, 4) is 11.3 Å². The van der Waals surface area contributed by atoms with Crippen LogP contribution in [0.2, 0.25) is 0 Å². The minimum atomic E-state index is -0.443. The molecule has 1 amide bonds. The molecule has 0 saturated carbocycles. The first-order valence-electron chi connectivity index (χ1n) is 8.13. The number of halogens is 1. The van der Waals surface area contributed by atoms with Gasteiger partial charge in [-0.05, 0) is 29.8 Å². The molecule has 0 spiro atoms. The summed E-state index contributed by atoms with van der Waals surface area (Å²) >= 11 is 4.73. The van der Waals surface area contributed by atoms with Crippen molar-refractivity contribution in [3.05, 3.63) is 74.1 Å². The second-order valence-electron chi connectivity index (χ2n) is 5.91. The predicted octanol–water partition coefficient (Wildman–Crippen LogP) is 4.31. The molecule has 4 aromatic rings. The molecule has 0 bridgehead atoms. The van der Waals surface area contributed by atoms with Gasteiger partial charge < -0.3 is 0 Å². The van der Waals surface area contributed by atoms with Gasteiger partial charge in [0.1, 0.15) is 0 Å². The first-order valence-corrected chi connectivity index (χ1v) is 9.80. The van der Waals surface area contributed by atoms with E-state index in [1.54, 1.807) is 16.6 Å². The van der Waals surface area contributed by atoms with Gasteiger partial charge in [-0.15, -0.1) is 16.4 Å². The number of nitrogens with zero attached hydrogens (tertiary/aromatic N) is 4. The molecule has 140 valence electrons. The van der Waals surface area contributed by atoms with E-state index in [9.17, 15) is 14.9 Å². The fourth-order valence-corrected chi connectivity index (χ4v) is 3.74. The number of aromatic nitrogens is 3. The van der Waals surface area contributed by atoms with Gasteiger partial charge in [0, 0.05) is 27.5 Å². The number of rotatable bonds is 5. The highest BCUT2D eigenvalue weighted by atomic mass is 79.9. The van der Waals surface area contributed by atoms with Crippen LogP contribution in [0.1, 0.15) is 5.56 Å². The third kappa shape index (κ3) is 3.78. The van der Waals surface area contributed by atoms with E-state index in [1.807, 2.05) is 29.6 Å². The lowest BCUT2D eigenvalue weighted by Gasteiger charge is -2.02. The number of non-ortho nitro benzene ring substituents is 1. The summed E-state index contributed by atoms with van der Waals surface area (Å²) in [6.07, 6.45) is 0.218. The molecule has 0 unspecified atom stereocenters. The number of anilines is 1. The molecule has 2 heterocycles. The number of fused-ring (bicyclic) bond motifs is 1. The number of hydrogen-bond acceptors (Lipinski definition) is 6. The third-order valence-corrected chi connectivity index (χ3v) is 5.33. The van der Waals surface area contributed by atoms with Crippen LogP contribution < -0.4 is 5.32 Å². The summed E-state index contributed by atoms with van der Waals surface area (Å²) in [6.45, 7) is 0. The van der Waals surface area contributed by atoms with Crippen molar-refractivity contribution in [3.63, 3.8) is 0 Å². The molecule has 8 nitrogen and oxygen atoms in total. The number of nitro groups is 1. The lowest BCUT2D eigenvalue weighted by Crippen LogP contribution is -2.15. The van der Waals surface area contributed by atoms with Crippen LogP contribution in [0.25, 0.3) is 16.2 Å². The third-order valence-electron chi connectivity index (χ3n) is 3.98. The van der Waals surface area contributed by atoms with Gasteiger partial charge >= 0.3 is 0 Å². The van der Waals surface area contributed by atoms with Crippen molar-refractivity contribution in [2.75, 3.05) is 5.32 Å². The maximum atomic E-state index is 12.2. The van der Waals surface area contributed by atoms with E-state index in [4.69, 9.17) is 0 Å². The number of nitrogens with one attached hydrogen (secondary N) is 1. The Balaban J connectivity index is 1.53. The summed E-state index contributed by atoms with van der Waals surface area (Å²) in [4.78, 5) is 27.5. The summed E-state index contributed by atoms with van der Waals surface area (Å²) in [7, 11) is 0. The highest BCUT2D eigenvalue weighted by molar-refractivity contribution is 9.10. The molecular weight excluding hydrogens is 446 g/mol. The maximum absolute atomic E-state index is 12.2. The molecule has 2 aromatic heterocycles. The van der Waals surface area contributed by atoms with Crippen LogP contribution >= 0.6 is 27.3 Å². The van der Waals surface area contributed by atoms with Gasteiger partial charge in [-0.25, -0.2) is 4.52 Å². The summed E-state index contributed by atoms with van der Waals surface area (Å²) in [6, 6.07) is 13.7. The van der Waals surface area contributed by atoms with Gasteiger partial charge in [-0.2, -0.15) is 4.98 Å². The van der Waals surface area contributed by atoms with E-state index in [2.05, 4.69) is 31.3 Å². The van der Waals surface area contributed by atoms with Gasteiger partial charge in [0.2, 0.25) is 16.8 Å². The second-order valence-corrected chi connectivity index (χ2v) is 7.66. The monoisotopic (exact) mass is 457 g/mol. The Kier molecular flexibility index (Phi) is 4.88. The topological polar surface area (TPSA) is 102 Å². The van der Waals surface area contributed by atoms with Crippen LogP contribution in [-0.2, 0) is 11.2 Å². The molecule has 0 aliphatic carbocycles. The SMILES string of the molecule is O=C(Cc1ccc(Br)cc1)Nc1nc2scc(-c3ccc([N+](=O)[O-])cc3)n2n1. The molecule has 0 saturated heterocycles. The highest BCUT2D eigenvalue weighted by Crippen LogP contribution is 2.27. The molecule has 0 atom stereocenters. The Morgan fingerprint density at radius 3 is 2.57 bits per heavy atom. The molecule has 28 heavy (non-hydrogen) atoms. The minimum Gasteiger partial charge on any atom is -0.293 e. The molecule has 0 radical (unpaired) electrons. The van der Waals surface area contributed by atoms with Crippen LogP contribution in [-0.4, -0.2) is 25.4 Å². The van der Waals surface area contributed by atoms with Crippen molar-refractivity contribution >= 4 is 49.8 Å².